The molecule has 2 aromatic rings. The van der Waals surface area contributed by atoms with E-state index in [4.69, 9.17) is 0 Å². The van der Waals surface area contributed by atoms with Gasteiger partial charge in [0.05, 0.1) is 5.56 Å². The van der Waals surface area contributed by atoms with Crippen LogP contribution in [0, 0.1) is 0 Å². The monoisotopic (exact) mass is 351 g/mol. The Kier molecular flexibility index (Phi) is 4.00. The number of amides is 1. The molecular formula is C17H12F3NO4. The highest BCUT2D eigenvalue weighted by molar-refractivity contribution is 5.99. The molecule has 0 bridgehead atoms. The lowest BCUT2D eigenvalue weighted by molar-refractivity contribution is -0.149. The predicted molar refractivity (Wildman–Crippen MR) is 79.0 cm³/mol. The number of fused-ring (bicyclic) bond motifs is 1. The molecule has 5 nitrogen and oxygen atoms in total. The first-order chi connectivity index (χ1) is 11.7. The van der Waals surface area contributed by atoms with Gasteiger partial charge in [-0.25, -0.2) is 5.06 Å². The molecule has 3 rings (SSSR count). The second kappa shape index (κ2) is 5.89. The number of carboxylic acid groups (broad SMARTS) is 1. The van der Waals surface area contributed by atoms with Crippen LogP contribution in [0.1, 0.15) is 39.0 Å². The second-order valence-corrected chi connectivity index (χ2v) is 5.62. The number of aliphatic carboxylic acids is 1. The van der Waals surface area contributed by atoms with Crippen molar-refractivity contribution < 1.29 is 33.1 Å². The number of carboxylic acids is 1. The summed E-state index contributed by atoms with van der Waals surface area (Å²) in [5, 5.41) is 20.0. The van der Waals surface area contributed by atoms with Crippen molar-refractivity contribution in [3.05, 3.63) is 70.8 Å². The molecule has 2 N–H and O–H groups in total. The molecule has 0 saturated heterocycles. The molecule has 0 unspecified atom stereocenters. The number of alkyl halides is 3. The fourth-order valence-electron chi connectivity index (χ4n) is 2.99. The van der Waals surface area contributed by atoms with Crippen molar-refractivity contribution in [2.75, 3.05) is 0 Å². The van der Waals surface area contributed by atoms with E-state index in [1.54, 1.807) is 6.07 Å². The average molecular weight is 351 g/mol. The van der Waals surface area contributed by atoms with Crippen LogP contribution in [0.25, 0.3) is 0 Å². The van der Waals surface area contributed by atoms with Crippen molar-refractivity contribution in [2.45, 2.75) is 18.1 Å². The van der Waals surface area contributed by atoms with Gasteiger partial charge in [-0.05, 0) is 29.3 Å². The number of rotatable bonds is 2. The Hall–Kier alpha value is -2.87. The van der Waals surface area contributed by atoms with Gasteiger partial charge in [0.1, 0.15) is 12.0 Å². The Morgan fingerprint density at radius 2 is 1.64 bits per heavy atom. The van der Waals surface area contributed by atoms with Gasteiger partial charge < -0.3 is 5.11 Å². The standard InChI is InChI=1S/C17H12F3NO4/c18-17(19,20)10-7-5-9(6-8-10)14-13(16(23)24)11-3-1-2-4-12(11)15(22)21(14)25/h1-8,13-14,25H,(H,23,24)/t13-,14+/m0/s1. The van der Waals surface area contributed by atoms with Gasteiger partial charge in [0.25, 0.3) is 5.91 Å². The summed E-state index contributed by atoms with van der Waals surface area (Å²) in [5.41, 5.74) is -0.573. The summed E-state index contributed by atoms with van der Waals surface area (Å²) in [6.45, 7) is 0. The highest BCUT2D eigenvalue weighted by atomic mass is 19.4. The minimum atomic E-state index is -4.54. The Labute approximate surface area is 139 Å². The van der Waals surface area contributed by atoms with Crippen LogP contribution < -0.4 is 0 Å². The normalized spacial score (nSPS) is 20.3. The van der Waals surface area contributed by atoms with Gasteiger partial charge in [-0.1, -0.05) is 30.3 Å². The van der Waals surface area contributed by atoms with E-state index in [0.29, 0.717) is 0 Å². The number of halogens is 3. The molecule has 0 aromatic heterocycles. The van der Waals surface area contributed by atoms with Crippen LogP contribution in [0.2, 0.25) is 0 Å². The quantitative estimate of drug-likeness (QED) is 0.813. The molecular weight excluding hydrogens is 339 g/mol. The maximum atomic E-state index is 12.7. The van der Waals surface area contributed by atoms with Crippen molar-refractivity contribution >= 4 is 11.9 Å². The van der Waals surface area contributed by atoms with Crippen LogP contribution in [0.5, 0.6) is 0 Å². The summed E-state index contributed by atoms with van der Waals surface area (Å²) in [6.07, 6.45) is -4.54. The molecule has 0 saturated carbocycles. The molecule has 0 fully saturated rings. The Morgan fingerprint density at radius 1 is 1.04 bits per heavy atom. The van der Waals surface area contributed by atoms with E-state index in [0.717, 1.165) is 24.3 Å². The third kappa shape index (κ3) is 2.85. The van der Waals surface area contributed by atoms with Crippen LogP contribution >= 0.6 is 0 Å². The SMILES string of the molecule is O=C(O)[C@H]1c2ccccc2C(=O)N(O)[C@@H]1c1ccc(C(F)(F)F)cc1. The van der Waals surface area contributed by atoms with E-state index in [1.807, 2.05) is 0 Å². The maximum Gasteiger partial charge on any atom is 0.416 e. The number of hydroxylamine groups is 2. The molecule has 1 aliphatic rings. The van der Waals surface area contributed by atoms with Gasteiger partial charge in [-0.3, -0.25) is 14.8 Å². The minimum absolute atomic E-state index is 0.0422. The highest BCUT2D eigenvalue weighted by Gasteiger charge is 2.44. The van der Waals surface area contributed by atoms with Gasteiger partial charge in [0, 0.05) is 5.56 Å². The van der Waals surface area contributed by atoms with E-state index in [9.17, 15) is 33.1 Å². The van der Waals surface area contributed by atoms with Gasteiger partial charge in [-0.2, -0.15) is 13.2 Å². The number of nitrogens with zero attached hydrogens (tertiary/aromatic N) is 1. The lowest BCUT2D eigenvalue weighted by atomic mass is 9.81. The van der Waals surface area contributed by atoms with Crippen molar-refractivity contribution in [3.63, 3.8) is 0 Å². The molecule has 1 aliphatic heterocycles. The molecule has 0 aliphatic carbocycles. The number of carbonyl (C=O) groups is 2. The first-order valence-electron chi connectivity index (χ1n) is 7.23. The molecule has 1 amide bonds. The van der Waals surface area contributed by atoms with E-state index in [2.05, 4.69) is 0 Å². The molecule has 1 heterocycles. The van der Waals surface area contributed by atoms with Gasteiger partial charge >= 0.3 is 12.1 Å². The van der Waals surface area contributed by atoms with Crippen molar-refractivity contribution in [1.82, 2.24) is 5.06 Å². The van der Waals surface area contributed by atoms with Crippen LogP contribution in [0.3, 0.4) is 0 Å². The largest absolute Gasteiger partial charge is 0.481 e. The van der Waals surface area contributed by atoms with Crippen molar-refractivity contribution in [1.29, 1.82) is 0 Å². The predicted octanol–water partition coefficient (Wildman–Crippen LogP) is 3.46. The Morgan fingerprint density at radius 3 is 2.20 bits per heavy atom. The molecule has 2 aromatic carbocycles. The van der Waals surface area contributed by atoms with Crippen molar-refractivity contribution in [3.8, 4) is 0 Å². The van der Waals surface area contributed by atoms with Crippen LogP contribution in [-0.4, -0.2) is 27.3 Å². The van der Waals surface area contributed by atoms with Crippen LogP contribution in [0.15, 0.2) is 48.5 Å². The van der Waals surface area contributed by atoms with E-state index in [-0.39, 0.29) is 21.8 Å². The minimum Gasteiger partial charge on any atom is -0.481 e. The molecule has 130 valence electrons. The fraction of sp³-hybridized carbons (Fsp3) is 0.176. The third-order valence-corrected chi connectivity index (χ3v) is 4.16. The number of hydrogen-bond acceptors (Lipinski definition) is 3. The zero-order valence-electron chi connectivity index (χ0n) is 12.6. The Balaban J connectivity index is 2.11. The zero-order chi connectivity index (χ0) is 18.4. The van der Waals surface area contributed by atoms with Gasteiger partial charge in [0.2, 0.25) is 0 Å². The summed E-state index contributed by atoms with van der Waals surface area (Å²) < 4.78 is 38.1. The lowest BCUT2D eigenvalue weighted by Gasteiger charge is -2.36. The summed E-state index contributed by atoms with van der Waals surface area (Å²) >= 11 is 0. The number of carbonyl (C=O) groups excluding carboxylic acids is 1. The average Bonchev–Trinajstić information content (AvgIpc) is 2.57. The summed E-state index contributed by atoms with van der Waals surface area (Å²) in [7, 11) is 0. The summed E-state index contributed by atoms with van der Waals surface area (Å²) in [6, 6.07) is 8.29. The summed E-state index contributed by atoms with van der Waals surface area (Å²) in [4.78, 5) is 24.0. The first kappa shape index (κ1) is 17.0. The zero-order valence-corrected chi connectivity index (χ0v) is 12.6. The third-order valence-electron chi connectivity index (χ3n) is 4.16. The van der Waals surface area contributed by atoms with Gasteiger partial charge in [-0.15, -0.1) is 0 Å². The van der Waals surface area contributed by atoms with E-state index >= 15 is 0 Å². The fourth-order valence-corrected chi connectivity index (χ4v) is 2.99. The number of benzene rings is 2. The molecule has 2 atom stereocenters. The smallest absolute Gasteiger partial charge is 0.416 e. The van der Waals surface area contributed by atoms with Crippen LogP contribution in [0.4, 0.5) is 13.2 Å². The lowest BCUT2D eigenvalue weighted by Crippen LogP contribution is -2.43. The molecule has 0 radical (unpaired) electrons. The molecule has 8 heteroatoms. The second-order valence-electron chi connectivity index (χ2n) is 5.62. The molecule has 25 heavy (non-hydrogen) atoms. The van der Waals surface area contributed by atoms with Gasteiger partial charge in [0.15, 0.2) is 0 Å². The van der Waals surface area contributed by atoms with Crippen LogP contribution in [-0.2, 0) is 11.0 Å². The van der Waals surface area contributed by atoms with E-state index in [1.165, 1.54) is 18.2 Å². The topological polar surface area (TPSA) is 77.8 Å². The first-order valence-corrected chi connectivity index (χ1v) is 7.23. The maximum absolute atomic E-state index is 12.7. The highest BCUT2D eigenvalue weighted by Crippen LogP contribution is 2.42. The molecule has 0 spiro atoms. The number of hydrogen-bond donors (Lipinski definition) is 2. The summed E-state index contributed by atoms with van der Waals surface area (Å²) in [5.74, 6) is -3.42. The van der Waals surface area contributed by atoms with Crippen molar-refractivity contribution in [2.24, 2.45) is 0 Å². The Bertz CT molecular complexity index is 833. The van der Waals surface area contributed by atoms with E-state index < -0.39 is 35.6 Å².